The second-order valence-electron chi connectivity index (χ2n) is 7.22. The molecule has 0 bridgehead atoms. The van der Waals surface area contributed by atoms with E-state index in [0.29, 0.717) is 23.8 Å². The molecule has 0 N–H and O–H groups in total. The first kappa shape index (κ1) is 20.0. The summed E-state index contributed by atoms with van der Waals surface area (Å²) in [6, 6.07) is 14.5. The van der Waals surface area contributed by atoms with Crippen molar-refractivity contribution in [3.8, 4) is 11.4 Å². The minimum absolute atomic E-state index is 0.0288. The van der Waals surface area contributed by atoms with Crippen molar-refractivity contribution in [1.29, 1.82) is 0 Å². The van der Waals surface area contributed by atoms with Crippen molar-refractivity contribution in [3.63, 3.8) is 0 Å². The number of morpholine rings is 1. The summed E-state index contributed by atoms with van der Waals surface area (Å²) in [6.07, 6.45) is 0. The van der Waals surface area contributed by atoms with Gasteiger partial charge in [0.15, 0.2) is 0 Å². The van der Waals surface area contributed by atoms with E-state index in [1.165, 1.54) is 23.4 Å². The SMILES string of the molecule is CN(Cc1nc(-c2ccc([N+](=O)[O-])cc2)no1)Cc1ccccc1N1CCOCC1. The number of ether oxygens (including phenoxy) is 1. The number of rotatable bonds is 7. The number of anilines is 1. The van der Waals surface area contributed by atoms with E-state index in [-0.39, 0.29) is 5.69 Å². The summed E-state index contributed by atoms with van der Waals surface area (Å²) in [6.45, 7) is 4.52. The van der Waals surface area contributed by atoms with Crippen molar-refractivity contribution in [2.45, 2.75) is 13.1 Å². The monoisotopic (exact) mass is 409 g/mol. The molecular formula is C21H23N5O4. The molecule has 1 fully saturated rings. The summed E-state index contributed by atoms with van der Waals surface area (Å²) in [5, 5.41) is 14.8. The van der Waals surface area contributed by atoms with Crippen molar-refractivity contribution in [3.05, 3.63) is 70.1 Å². The molecule has 0 unspecified atom stereocenters. The zero-order valence-electron chi connectivity index (χ0n) is 16.7. The van der Waals surface area contributed by atoms with Gasteiger partial charge in [0.1, 0.15) is 0 Å². The Kier molecular flexibility index (Phi) is 6.01. The van der Waals surface area contributed by atoms with Crippen LogP contribution in [0.3, 0.4) is 0 Å². The van der Waals surface area contributed by atoms with E-state index in [1.807, 2.05) is 13.1 Å². The number of benzene rings is 2. The van der Waals surface area contributed by atoms with Gasteiger partial charge in [0.05, 0.1) is 24.7 Å². The first-order chi connectivity index (χ1) is 14.6. The molecule has 1 aliphatic heterocycles. The van der Waals surface area contributed by atoms with Crippen LogP contribution in [0.1, 0.15) is 11.5 Å². The van der Waals surface area contributed by atoms with Gasteiger partial charge in [0, 0.05) is 43.0 Å². The van der Waals surface area contributed by atoms with Gasteiger partial charge in [-0.3, -0.25) is 15.0 Å². The number of aromatic nitrogens is 2. The van der Waals surface area contributed by atoms with E-state index in [1.54, 1.807) is 12.1 Å². The number of hydrogen-bond acceptors (Lipinski definition) is 8. The van der Waals surface area contributed by atoms with Gasteiger partial charge in [0.2, 0.25) is 11.7 Å². The second-order valence-corrected chi connectivity index (χ2v) is 7.22. The lowest BCUT2D eigenvalue weighted by Crippen LogP contribution is -2.37. The van der Waals surface area contributed by atoms with Crippen LogP contribution in [0, 0.1) is 10.1 Å². The molecule has 0 spiro atoms. The van der Waals surface area contributed by atoms with E-state index >= 15 is 0 Å². The second kappa shape index (κ2) is 9.02. The highest BCUT2D eigenvalue weighted by Crippen LogP contribution is 2.24. The number of hydrogen-bond donors (Lipinski definition) is 0. The van der Waals surface area contributed by atoms with Gasteiger partial charge in [-0.15, -0.1) is 0 Å². The number of para-hydroxylation sites is 1. The van der Waals surface area contributed by atoms with E-state index in [0.717, 1.165) is 32.8 Å². The van der Waals surface area contributed by atoms with Crippen LogP contribution in [0.5, 0.6) is 0 Å². The van der Waals surface area contributed by atoms with Crippen LogP contribution in [-0.4, -0.2) is 53.3 Å². The van der Waals surface area contributed by atoms with E-state index < -0.39 is 4.92 Å². The zero-order valence-corrected chi connectivity index (χ0v) is 16.7. The van der Waals surface area contributed by atoms with Crippen molar-refractivity contribution in [2.24, 2.45) is 0 Å². The number of nitro groups is 1. The molecule has 0 atom stereocenters. The molecule has 1 aromatic heterocycles. The molecular weight excluding hydrogens is 386 g/mol. The molecule has 1 saturated heterocycles. The molecule has 30 heavy (non-hydrogen) atoms. The van der Waals surface area contributed by atoms with Crippen LogP contribution in [0.4, 0.5) is 11.4 Å². The standard InChI is InChI=1S/C21H23N5O4/c1-24(14-17-4-2-3-5-19(17)25-10-12-29-13-11-25)15-20-22-21(23-30-20)16-6-8-18(9-7-16)26(27)28/h2-9H,10-15H2,1H3. The number of nitrogens with zero attached hydrogens (tertiary/aromatic N) is 5. The molecule has 0 aliphatic carbocycles. The summed E-state index contributed by atoms with van der Waals surface area (Å²) < 4.78 is 10.9. The Balaban J connectivity index is 1.42. The lowest BCUT2D eigenvalue weighted by molar-refractivity contribution is -0.384. The molecule has 4 rings (SSSR count). The van der Waals surface area contributed by atoms with E-state index in [4.69, 9.17) is 9.26 Å². The van der Waals surface area contributed by atoms with E-state index in [2.05, 4.69) is 38.1 Å². The van der Waals surface area contributed by atoms with Crippen molar-refractivity contribution < 1.29 is 14.2 Å². The Morgan fingerprint density at radius 1 is 1.10 bits per heavy atom. The van der Waals surface area contributed by atoms with Gasteiger partial charge >= 0.3 is 0 Å². The van der Waals surface area contributed by atoms with Crippen LogP contribution < -0.4 is 4.90 Å². The normalized spacial score (nSPS) is 14.3. The predicted octanol–water partition coefficient (Wildman–Crippen LogP) is 3.11. The Bertz CT molecular complexity index is 999. The smallest absolute Gasteiger partial charge is 0.269 e. The third-order valence-electron chi connectivity index (χ3n) is 4.99. The molecule has 2 heterocycles. The van der Waals surface area contributed by atoms with Gasteiger partial charge in [0.25, 0.3) is 5.69 Å². The Hall–Kier alpha value is -3.30. The average Bonchev–Trinajstić information content (AvgIpc) is 3.23. The largest absolute Gasteiger partial charge is 0.378 e. The summed E-state index contributed by atoms with van der Waals surface area (Å²) in [5.41, 5.74) is 3.17. The lowest BCUT2D eigenvalue weighted by Gasteiger charge is -2.31. The topological polar surface area (TPSA) is 97.8 Å². The molecule has 1 aliphatic rings. The summed E-state index contributed by atoms with van der Waals surface area (Å²) in [7, 11) is 2.01. The fourth-order valence-electron chi connectivity index (χ4n) is 3.50. The Labute approximate surface area is 174 Å². The third-order valence-corrected chi connectivity index (χ3v) is 4.99. The third kappa shape index (κ3) is 4.64. The highest BCUT2D eigenvalue weighted by atomic mass is 16.6. The minimum atomic E-state index is -0.435. The highest BCUT2D eigenvalue weighted by molar-refractivity contribution is 5.56. The molecule has 0 amide bonds. The Morgan fingerprint density at radius 3 is 2.57 bits per heavy atom. The van der Waals surface area contributed by atoms with Crippen LogP contribution in [0.15, 0.2) is 53.1 Å². The maximum Gasteiger partial charge on any atom is 0.269 e. The van der Waals surface area contributed by atoms with Crippen LogP contribution in [-0.2, 0) is 17.8 Å². The summed E-state index contributed by atoms with van der Waals surface area (Å²) >= 11 is 0. The minimum Gasteiger partial charge on any atom is -0.378 e. The zero-order chi connectivity index (χ0) is 20.9. The molecule has 0 saturated carbocycles. The fraction of sp³-hybridized carbons (Fsp3) is 0.333. The van der Waals surface area contributed by atoms with Crippen molar-refractivity contribution >= 4 is 11.4 Å². The molecule has 0 radical (unpaired) electrons. The maximum atomic E-state index is 10.8. The highest BCUT2D eigenvalue weighted by Gasteiger charge is 2.17. The fourth-order valence-corrected chi connectivity index (χ4v) is 3.50. The summed E-state index contributed by atoms with van der Waals surface area (Å²) in [4.78, 5) is 19.3. The molecule has 2 aromatic carbocycles. The van der Waals surface area contributed by atoms with Gasteiger partial charge in [-0.1, -0.05) is 23.4 Å². The molecule has 156 valence electrons. The first-order valence-corrected chi connectivity index (χ1v) is 9.77. The number of nitro benzene ring substituents is 1. The average molecular weight is 409 g/mol. The van der Waals surface area contributed by atoms with E-state index in [9.17, 15) is 10.1 Å². The van der Waals surface area contributed by atoms with Crippen LogP contribution in [0.25, 0.3) is 11.4 Å². The lowest BCUT2D eigenvalue weighted by atomic mass is 10.1. The first-order valence-electron chi connectivity index (χ1n) is 9.77. The van der Waals surface area contributed by atoms with Gasteiger partial charge in [-0.25, -0.2) is 0 Å². The Morgan fingerprint density at radius 2 is 1.83 bits per heavy atom. The number of non-ortho nitro benzene ring substituents is 1. The van der Waals surface area contributed by atoms with Crippen molar-refractivity contribution in [2.75, 3.05) is 38.3 Å². The molecule has 9 nitrogen and oxygen atoms in total. The molecule has 3 aromatic rings. The van der Waals surface area contributed by atoms with Crippen molar-refractivity contribution in [1.82, 2.24) is 15.0 Å². The quantitative estimate of drug-likeness (QED) is 0.434. The van der Waals surface area contributed by atoms with Gasteiger partial charge in [-0.2, -0.15) is 4.98 Å². The molecule has 9 heteroatoms. The predicted molar refractivity (Wildman–Crippen MR) is 111 cm³/mol. The summed E-state index contributed by atoms with van der Waals surface area (Å²) in [5.74, 6) is 0.914. The van der Waals surface area contributed by atoms with Gasteiger partial charge < -0.3 is 14.2 Å². The van der Waals surface area contributed by atoms with Gasteiger partial charge in [-0.05, 0) is 30.8 Å². The maximum absolute atomic E-state index is 10.8. The van der Waals surface area contributed by atoms with Crippen LogP contribution >= 0.6 is 0 Å². The van der Waals surface area contributed by atoms with Crippen LogP contribution in [0.2, 0.25) is 0 Å².